The number of rotatable bonds is 11. The first-order chi connectivity index (χ1) is 18.5. The summed E-state index contributed by atoms with van der Waals surface area (Å²) < 4.78 is 23.1. The molecule has 4 aromatic rings. The number of pyridine rings is 2. The summed E-state index contributed by atoms with van der Waals surface area (Å²) in [5, 5.41) is 8.33. The van der Waals surface area contributed by atoms with Crippen LogP contribution < -0.4 is 40.2 Å². The number of nitrogens with one attached hydrogen (secondary N) is 2. The highest BCUT2D eigenvalue weighted by atomic mass is 31.0. The standard InChI is InChI=1S/C27H30N4O5P2/c1-28-9-4-12-35-24-14-19-16(13-23(24)34-3)21(8-11-30-19)36-22-6-5-18(25(37)26(22)38)31-27(32)17-15-29-10-7-20(17)33-2/h5-8,10-11,13-15,28H,4,9,12,37-38H2,1-3H3,(H,31,32). The van der Waals surface area contributed by atoms with Gasteiger partial charge in [0.1, 0.15) is 17.2 Å². The Hall–Kier alpha value is -3.51. The van der Waals surface area contributed by atoms with Gasteiger partial charge in [0.15, 0.2) is 11.5 Å². The molecule has 2 unspecified atom stereocenters. The van der Waals surface area contributed by atoms with Crippen LogP contribution in [0, 0.1) is 0 Å². The molecule has 0 fully saturated rings. The Morgan fingerprint density at radius 2 is 1.71 bits per heavy atom. The number of methoxy groups -OCH3 is 2. The topological polar surface area (TPSA) is 104 Å². The molecule has 198 valence electrons. The monoisotopic (exact) mass is 552 g/mol. The van der Waals surface area contributed by atoms with Crippen molar-refractivity contribution in [1.29, 1.82) is 0 Å². The molecule has 2 aromatic carbocycles. The van der Waals surface area contributed by atoms with E-state index in [2.05, 4.69) is 39.1 Å². The fourth-order valence-electron chi connectivity index (χ4n) is 3.77. The lowest BCUT2D eigenvalue weighted by Crippen LogP contribution is -2.22. The number of anilines is 1. The number of amides is 1. The van der Waals surface area contributed by atoms with E-state index in [1.54, 1.807) is 43.8 Å². The van der Waals surface area contributed by atoms with Gasteiger partial charge in [0.05, 0.1) is 31.9 Å². The van der Waals surface area contributed by atoms with Gasteiger partial charge >= 0.3 is 0 Å². The van der Waals surface area contributed by atoms with Crippen molar-refractivity contribution in [1.82, 2.24) is 15.3 Å². The molecule has 0 radical (unpaired) electrons. The maximum Gasteiger partial charge on any atom is 0.261 e. The lowest BCUT2D eigenvalue weighted by molar-refractivity contribution is 0.102. The molecular formula is C27H30N4O5P2. The van der Waals surface area contributed by atoms with Crippen molar-refractivity contribution < 1.29 is 23.7 Å². The molecule has 38 heavy (non-hydrogen) atoms. The molecule has 9 nitrogen and oxygen atoms in total. The van der Waals surface area contributed by atoms with Crippen molar-refractivity contribution in [2.24, 2.45) is 0 Å². The number of benzene rings is 2. The van der Waals surface area contributed by atoms with Crippen molar-refractivity contribution in [2.45, 2.75) is 6.42 Å². The van der Waals surface area contributed by atoms with Crippen molar-refractivity contribution >= 4 is 51.6 Å². The van der Waals surface area contributed by atoms with Crippen molar-refractivity contribution in [2.75, 3.05) is 39.7 Å². The largest absolute Gasteiger partial charge is 0.496 e. The molecule has 2 N–H and O–H groups in total. The summed E-state index contributed by atoms with van der Waals surface area (Å²) in [6.07, 6.45) is 5.60. The van der Waals surface area contributed by atoms with Crippen LogP contribution in [0.5, 0.6) is 28.7 Å². The molecule has 0 aliphatic carbocycles. The second-order valence-electron chi connectivity index (χ2n) is 8.21. The summed E-state index contributed by atoms with van der Waals surface area (Å²) in [7, 11) is 10.4. The Kier molecular flexibility index (Phi) is 9.29. The second kappa shape index (κ2) is 12.8. The van der Waals surface area contributed by atoms with Crippen LogP contribution in [0.1, 0.15) is 16.8 Å². The molecule has 2 heterocycles. The maximum atomic E-state index is 12.9. The van der Waals surface area contributed by atoms with Gasteiger partial charge in [-0.05, 0) is 50.3 Å². The summed E-state index contributed by atoms with van der Waals surface area (Å²) in [5.74, 6) is 2.57. The average Bonchev–Trinajstić information content (AvgIpc) is 2.94. The highest BCUT2D eigenvalue weighted by Gasteiger charge is 2.17. The van der Waals surface area contributed by atoms with E-state index in [4.69, 9.17) is 18.9 Å². The molecule has 1 amide bonds. The van der Waals surface area contributed by atoms with Gasteiger partial charge in [-0.25, -0.2) is 0 Å². The van der Waals surface area contributed by atoms with E-state index in [9.17, 15) is 4.79 Å². The zero-order valence-corrected chi connectivity index (χ0v) is 23.7. The van der Waals surface area contributed by atoms with Crippen LogP contribution in [0.4, 0.5) is 5.69 Å². The quantitative estimate of drug-likeness (QED) is 0.215. The molecule has 2 atom stereocenters. The van der Waals surface area contributed by atoms with Crippen molar-refractivity contribution in [3.05, 3.63) is 60.6 Å². The predicted octanol–water partition coefficient (Wildman–Crippen LogP) is 3.68. The molecule has 0 saturated heterocycles. The minimum atomic E-state index is -0.326. The molecule has 4 rings (SSSR count). The first-order valence-corrected chi connectivity index (χ1v) is 13.0. The van der Waals surface area contributed by atoms with Gasteiger partial charge in [0.2, 0.25) is 0 Å². The van der Waals surface area contributed by atoms with Crippen LogP contribution in [0.2, 0.25) is 0 Å². The molecule has 2 aromatic heterocycles. The highest BCUT2D eigenvalue weighted by Crippen LogP contribution is 2.37. The number of aromatic nitrogens is 2. The summed E-state index contributed by atoms with van der Waals surface area (Å²) in [4.78, 5) is 21.4. The smallest absolute Gasteiger partial charge is 0.261 e. The zero-order valence-electron chi connectivity index (χ0n) is 21.4. The van der Waals surface area contributed by atoms with Crippen LogP contribution in [-0.2, 0) is 0 Å². The van der Waals surface area contributed by atoms with Crippen LogP contribution in [0.3, 0.4) is 0 Å². The molecule has 0 aliphatic heterocycles. The zero-order chi connectivity index (χ0) is 27.1. The molecule has 0 bridgehead atoms. The summed E-state index contributed by atoms with van der Waals surface area (Å²) in [6.45, 7) is 1.42. The van der Waals surface area contributed by atoms with Crippen LogP contribution in [-0.4, -0.2) is 50.3 Å². The summed E-state index contributed by atoms with van der Waals surface area (Å²) in [5.41, 5.74) is 1.68. The van der Waals surface area contributed by atoms with Crippen LogP contribution >= 0.6 is 18.5 Å². The van der Waals surface area contributed by atoms with E-state index in [0.717, 1.165) is 34.5 Å². The van der Waals surface area contributed by atoms with Gasteiger partial charge in [0, 0.05) is 46.3 Å². The highest BCUT2D eigenvalue weighted by molar-refractivity contribution is 7.36. The Morgan fingerprint density at radius 3 is 2.47 bits per heavy atom. The third kappa shape index (κ3) is 6.13. The Bertz CT molecular complexity index is 1450. The van der Waals surface area contributed by atoms with Gasteiger partial charge in [-0.3, -0.25) is 14.8 Å². The van der Waals surface area contributed by atoms with Crippen LogP contribution in [0.15, 0.2) is 55.0 Å². The molecule has 0 saturated carbocycles. The molecular weight excluding hydrogens is 522 g/mol. The second-order valence-corrected chi connectivity index (χ2v) is 9.36. The Morgan fingerprint density at radius 1 is 0.921 bits per heavy atom. The van der Waals surface area contributed by atoms with Crippen molar-refractivity contribution in [3.63, 3.8) is 0 Å². The van der Waals surface area contributed by atoms with Gasteiger partial charge in [-0.15, -0.1) is 18.5 Å². The number of carbonyl (C=O) groups is 1. The summed E-state index contributed by atoms with van der Waals surface area (Å²) in [6, 6.07) is 10.7. The Labute approximate surface area is 226 Å². The summed E-state index contributed by atoms with van der Waals surface area (Å²) >= 11 is 0. The third-order valence-corrected chi connectivity index (χ3v) is 7.33. The lowest BCUT2D eigenvalue weighted by Gasteiger charge is -2.17. The molecule has 0 spiro atoms. The number of nitrogens with zero attached hydrogens (tertiary/aromatic N) is 2. The average molecular weight is 553 g/mol. The number of hydrogen-bond acceptors (Lipinski definition) is 8. The fraction of sp³-hybridized carbons (Fsp3) is 0.222. The lowest BCUT2D eigenvalue weighted by atomic mass is 10.1. The first-order valence-electron chi connectivity index (χ1n) is 11.9. The predicted molar refractivity (Wildman–Crippen MR) is 156 cm³/mol. The van der Waals surface area contributed by atoms with Gasteiger partial charge in [0.25, 0.3) is 5.91 Å². The maximum absolute atomic E-state index is 12.9. The normalized spacial score (nSPS) is 10.8. The van der Waals surface area contributed by atoms with E-state index >= 15 is 0 Å². The minimum absolute atomic E-state index is 0.326. The van der Waals surface area contributed by atoms with Gasteiger partial charge in [-0.1, -0.05) is 0 Å². The Balaban J connectivity index is 1.58. The van der Waals surface area contributed by atoms with Crippen molar-refractivity contribution in [3.8, 4) is 28.7 Å². The number of ether oxygens (including phenoxy) is 4. The number of fused-ring (bicyclic) bond motifs is 1. The third-order valence-electron chi connectivity index (χ3n) is 5.78. The first kappa shape index (κ1) is 27.5. The van der Waals surface area contributed by atoms with E-state index in [-0.39, 0.29) is 5.91 Å². The van der Waals surface area contributed by atoms with E-state index in [1.165, 1.54) is 13.3 Å². The van der Waals surface area contributed by atoms with E-state index in [0.29, 0.717) is 46.6 Å². The van der Waals surface area contributed by atoms with Gasteiger partial charge in [-0.2, -0.15) is 0 Å². The van der Waals surface area contributed by atoms with E-state index in [1.807, 2.05) is 19.2 Å². The fourth-order valence-corrected chi connectivity index (χ4v) is 4.39. The minimum Gasteiger partial charge on any atom is -0.496 e. The SMILES string of the molecule is CNCCCOc1cc2nccc(Oc3ccc(NC(=O)c4cnccc4OC)c(P)c3P)c2cc1OC. The van der Waals surface area contributed by atoms with Crippen LogP contribution in [0.25, 0.3) is 10.9 Å². The van der Waals surface area contributed by atoms with E-state index < -0.39 is 0 Å². The number of carbonyl (C=O) groups excluding carboxylic acids is 1. The number of hydrogen-bond donors (Lipinski definition) is 2. The molecule has 0 aliphatic rings. The molecule has 11 heteroatoms. The van der Waals surface area contributed by atoms with Gasteiger partial charge < -0.3 is 29.6 Å².